The molecule has 0 aromatic heterocycles. The number of rotatable bonds is 4. The molecule has 0 unspecified atom stereocenters. The standard InChI is InChI=1S/C16H22OS/c1-12-4-6-16(7-5-12)18-11-14-8-13(2)9-15(10-14)17-3/h4-8,14-15H,9-11H2,1-3H3/t14-,15-/m0/s1. The molecule has 0 amide bonds. The van der Waals surface area contributed by atoms with Gasteiger partial charge in [0.1, 0.15) is 0 Å². The Morgan fingerprint density at radius 1 is 1.22 bits per heavy atom. The molecule has 0 fully saturated rings. The maximum atomic E-state index is 5.51. The Morgan fingerprint density at radius 3 is 2.61 bits per heavy atom. The first-order chi connectivity index (χ1) is 8.67. The summed E-state index contributed by atoms with van der Waals surface area (Å²) in [5, 5.41) is 0. The van der Waals surface area contributed by atoms with Crippen LogP contribution in [-0.4, -0.2) is 19.0 Å². The van der Waals surface area contributed by atoms with E-state index in [0.717, 1.165) is 18.6 Å². The quantitative estimate of drug-likeness (QED) is 0.585. The van der Waals surface area contributed by atoms with E-state index in [9.17, 15) is 0 Å². The summed E-state index contributed by atoms with van der Waals surface area (Å²) in [6.45, 7) is 4.35. The highest BCUT2D eigenvalue weighted by Crippen LogP contribution is 2.30. The average molecular weight is 262 g/mol. The van der Waals surface area contributed by atoms with Crippen LogP contribution in [0.4, 0.5) is 0 Å². The van der Waals surface area contributed by atoms with E-state index in [1.807, 2.05) is 18.9 Å². The normalized spacial score (nSPS) is 23.8. The van der Waals surface area contributed by atoms with Crippen LogP contribution in [0.5, 0.6) is 0 Å². The van der Waals surface area contributed by atoms with E-state index in [0.29, 0.717) is 12.0 Å². The second kappa shape index (κ2) is 6.44. The number of thioether (sulfide) groups is 1. The third-order valence-corrected chi connectivity index (χ3v) is 4.65. The van der Waals surface area contributed by atoms with E-state index < -0.39 is 0 Å². The van der Waals surface area contributed by atoms with Crippen LogP contribution in [0.1, 0.15) is 25.3 Å². The molecule has 1 nitrogen and oxygen atoms in total. The van der Waals surface area contributed by atoms with E-state index in [4.69, 9.17) is 4.74 Å². The molecule has 1 aliphatic rings. The number of methoxy groups -OCH3 is 1. The number of allylic oxidation sites excluding steroid dienone is 1. The molecule has 0 heterocycles. The summed E-state index contributed by atoms with van der Waals surface area (Å²) in [6.07, 6.45) is 5.10. The maximum absolute atomic E-state index is 5.51. The number of hydrogen-bond acceptors (Lipinski definition) is 2. The molecule has 1 aromatic carbocycles. The SMILES string of the molecule is CO[C@H]1CC(C)=C[C@H](CSc2ccc(C)cc2)C1. The van der Waals surface area contributed by atoms with Crippen molar-refractivity contribution in [3.8, 4) is 0 Å². The molecule has 0 bridgehead atoms. The fourth-order valence-electron chi connectivity index (χ4n) is 2.45. The van der Waals surface area contributed by atoms with Gasteiger partial charge in [-0.25, -0.2) is 0 Å². The summed E-state index contributed by atoms with van der Waals surface area (Å²) in [5.74, 6) is 1.80. The van der Waals surface area contributed by atoms with Gasteiger partial charge >= 0.3 is 0 Å². The largest absolute Gasteiger partial charge is 0.381 e. The summed E-state index contributed by atoms with van der Waals surface area (Å²) in [4.78, 5) is 1.37. The maximum Gasteiger partial charge on any atom is 0.0614 e. The smallest absolute Gasteiger partial charge is 0.0614 e. The van der Waals surface area contributed by atoms with E-state index >= 15 is 0 Å². The molecule has 18 heavy (non-hydrogen) atoms. The zero-order valence-electron chi connectivity index (χ0n) is 11.5. The van der Waals surface area contributed by atoms with Crippen molar-refractivity contribution in [1.29, 1.82) is 0 Å². The van der Waals surface area contributed by atoms with Gasteiger partial charge < -0.3 is 4.74 Å². The Kier molecular flexibility index (Phi) is 4.90. The molecule has 2 atom stereocenters. The number of benzene rings is 1. The average Bonchev–Trinajstić information content (AvgIpc) is 2.37. The van der Waals surface area contributed by atoms with Crippen LogP contribution in [0.3, 0.4) is 0 Å². The Bertz CT molecular complexity index is 408. The van der Waals surface area contributed by atoms with Crippen LogP contribution in [0.2, 0.25) is 0 Å². The first-order valence-corrected chi connectivity index (χ1v) is 7.55. The third-order valence-electron chi connectivity index (χ3n) is 3.45. The minimum atomic E-state index is 0.415. The minimum Gasteiger partial charge on any atom is -0.381 e. The van der Waals surface area contributed by atoms with Gasteiger partial charge in [0.25, 0.3) is 0 Å². The topological polar surface area (TPSA) is 9.23 Å². The zero-order valence-corrected chi connectivity index (χ0v) is 12.3. The van der Waals surface area contributed by atoms with Gasteiger partial charge in [0, 0.05) is 17.8 Å². The molecular formula is C16H22OS. The molecule has 2 heteroatoms. The van der Waals surface area contributed by atoms with Crippen molar-refractivity contribution in [1.82, 2.24) is 0 Å². The molecule has 0 N–H and O–H groups in total. The Hall–Kier alpha value is -0.730. The summed E-state index contributed by atoms with van der Waals surface area (Å²) < 4.78 is 5.51. The molecule has 1 aromatic rings. The van der Waals surface area contributed by atoms with Crippen molar-refractivity contribution in [2.75, 3.05) is 12.9 Å². The molecule has 2 rings (SSSR count). The molecule has 0 spiro atoms. The van der Waals surface area contributed by atoms with Crippen molar-refractivity contribution in [2.24, 2.45) is 5.92 Å². The minimum absolute atomic E-state index is 0.415. The number of aryl methyl sites for hydroxylation is 1. The fourth-order valence-corrected chi connectivity index (χ4v) is 3.42. The molecule has 0 radical (unpaired) electrons. The predicted molar refractivity (Wildman–Crippen MR) is 79.2 cm³/mol. The van der Waals surface area contributed by atoms with Crippen molar-refractivity contribution in [3.05, 3.63) is 41.5 Å². The van der Waals surface area contributed by atoms with Gasteiger partial charge in [-0.05, 0) is 44.7 Å². The first kappa shape index (κ1) is 13.7. The Balaban J connectivity index is 1.90. The van der Waals surface area contributed by atoms with Crippen LogP contribution in [-0.2, 0) is 4.74 Å². The van der Waals surface area contributed by atoms with Gasteiger partial charge in [-0.3, -0.25) is 0 Å². The summed E-state index contributed by atoms with van der Waals surface area (Å²) in [7, 11) is 1.83. The molecular weight excluding hydrogens is 240 g/mol. The van der Waals surface area contributed by atoms with Crippen molar-refractivity contribution in [3.63, 3.8) is 0 Å². The van der Waals surface area contributed by atoms with Gasteiger partial charge in [0.2, 0.25) is 0 Å². The molecule has 0 aliphatic heterocycles. The van der Waals surface area contributed by atoms with Crippen LogP contribution in [0.15, 0.2) is 40.8 Å². The Labute approximate surface area is 115 Å². The van der Waals surface area contributed by atoms with Gasteiger partial charge in [-0.1, -0.05) is 29.3 Å². The fraction of sp³-hybridized carbons (Fsp3) is 0.500. The monoisotopic (exact) mass is 262 g/mol. The predicted octanol–water partition coefficient (Wildman–Crippen LogP) is 4.46. The lowest BCUT2D eigenvalue weighted by Gasteiger charge is -2.26. The van der Waals surface area contributed by atoms with Crippen LogP contribution < -0.4 is 0 Å². The summed E-state index contributed by atoms with van der Waals surface area (Å²) >= 11 is 1.95. The van der Waals surface area contributed by atoms with Crippen molar-refractivity contribution in [2.45, 2.75) is 37.7 Å². The second-order valence-electron chi connectivity index (χ2n) is 5.19. The first-order valence-electron chi connectivity index (χ1n) is 6.57. The zero-order chi connectivity index (χ0) is 13.0. The number of hydrogen-bond donors (Lipinski definition) is 0. The second-order valence-corrected chi connectivity index (χ2v) is 6.29. The highest BCUT2D eigenvalue weighted by molar-refractivity contribution is 7.99. The lowest BCUT2D eigenvalue weighted by atomic mass is 9.90. The molecule has 98 valence electrons. The van der Waals surface area contributed by atoms with E-state index in [2.05, 4.69) is 44.2 Å². The third kappa shape index (κ3) is 3.89. The van der Waals surface area contributed by atoms with Crippen LogP contribution >= 0.6 is 11.8 Å². The highest BCUT2D eigenvalue weighted by Gasteiger charge is 2.20. The van der Waals surface area contributed by atoms with E-state index in [-0.39, 0.29) is 0 Å². The van der Waals surface area contributed by atoms with E-state index in [1.54, 1.807) is 0 Å². The number of ether oxygens (including phenoxy) is 1. The lowest BCUT2D eigenvalue weighted by molar-refractivity contribution is 0.0829. The summed E-state index contributed by atoms with van der Waals surface area (Å²) in [6, 6.07) is 8.80. The summed E-state index contributed by atoms with van der Waals surface area (Å²) in [5.41, 5.74) is 2.80. The van der Waals surface area contributed by atoms with Crippen LogP contribution in [0, 0.1) is 12.8 Å². The van der Waals surface area contributed by atoms with Crippen LogP contribution in [0.25, 0.3) is 0 Å². The molecule has 0 saturated heterocycles. The van der Waals surface area contributed by atoms with Crippen molar-refractivity contribution < 1.29 is 4.74 Å². The lowest BCUT2D eigenvalue weighted by Crippen LogP contribution is -2.21. The molecule has 0 saturated carbocycles. The van der Waals surface area contributed by atoms with Crippen molar-refractivity contribution >= 4 is 11.8 Å². The van der Waals surface area contributed by atoms with Gasteiger partial charge in [0.05, 0.1) is 6.10 Å². The molecule has 1 aliphatic carbocycles. The Morgan fingerprint density at radius 2 is 1.94 bits per heavy atom. The van der Waals surface area contributed by atoms with Gasteiger partial charge in [-0.2, -0.15) is 0 Å². The van der Waals surface area contributed by atoms with Gasteiger partial charge in [-0.15, -0.1) is 11.8 Å². The highest BCUT2D eigenvalue weighted by atomic mass is 32.2. The van der Waals surface area contributed by atoms with Gasteiger partial charge in [0.15, 0.2) is 0 Å². The van der Waals surface area contributed by atoms with E-state index in [1.165, 1.54) is 16.0 Å².